The van der Waals surface area contributed by atoms with Gasteiger partial charge in [-0.2, -0.15) is 13.2 Å². The van der Waals surface area contributed by atoms with Crippen molar-refractivity contribution in [2.45, 2.75) is 55.3 Å². The van der Waals surface area contributed by atoms with Crippen molar-refractivity contribution in [1.29, 1.82) is 0 Å². The summed E-state index contributed by atoms with van der Waals surface area (Å²) in [5.74, 6) is -2.10. The standard InChI is InChI=1S/C24H23F4NO6S/c1-23(32,24(26,27)28)16-3-9-21-14(10-16)2-6-18(12-19(30)11-15-13-35-22(15)31)29(21)36(33,34)20-7-4-17(25)5-8-20/h3-5,7-10,15,18,32H,2,6,11-13H2,1H3/t15?,18-,23?/m0/s1. The van der Waals surface area contributed by atoms with E-state index in [1.54, 1.807) is 0 Å². The number of esters is 1. The maximum atomic E-state index is 13.6. The first-order valence-corrected chi connectivity index (χ1v) is 12.6. The zero-order chi connectivity index (χ0) is 26.5. The van der Waals surface area contributed by atoms with Gasteiger partial charge >= 0.3 is 12.1 Å². The van der Waals surface area contributed by atoms with Crippen molar-refractivity contribution >= 4 is 27.5 Å². The molecule has 2 aliphatic rings. The lowest BCUT2D eigenvalue weighted by Gasteiger charge is -2.39. The number of ketones is 1. The average Bonchev–Trinajstić information content (AvgIpc) is 2.80. The van der Waals surface area contributed by atoms with Gasteiger partial charge in [-0.05, 0) is 61.2 Å². The van der Waals surface area contributed by atoms with Gasteiger partial charge in [0.05, 0.1) is 22.5 Å². The van der Waals surface area contributed by atoms with Crippen LogP contribution in [0.5, 0.6) is 0 Å². The molecule has 7 nitrogen and oxygen atoms in total. The monoisotopic (exact) mass is 529 g/mol. The second-order valence-electron chi connectivity index (χ2n) is 9.13. The summed E-state index contributed by atoms with van der Waals surface area (Å²) in [6, 6.07) is 6.44. The van der Waals surface area contributed by atoms with E-state index in [4.69, 9.17) is 0 Å². The Morgan fingerprint density at radius 2 is 1.81 bits per heavy atom. The van der Waals surface area contributed by atoms with Gasteiger partial charge in [0.2, 0.25) is 0 Å². The minimum atomic E-state index is -4.96. The lowest BCUT2D eigenvalue weighted by molar-refractivity contribution is -0.258. The van der Waals surface area contributed by atoms with Gasteiger partial charge in [0.25, 0.3) is 10.0 Å². The molecule has 0 amide bonds. The second-order valence-corrected chi connectivity index (χ2v) is 10.9. The molecule has 2 aliphatic heterocycles. The number of cyclic esters (lactones) is 1. The summed E-state index contributed by atoms with van der Waals surface area (Å²) < 4.78 is 86.5. The molecule has 0 aliphatic carbocycles. The van der Waals surface area contributed by atoms with E-state index in [2.05, 4.69) is 4.74 Å². The van der Waals surface area contributed by atoms with Crippen molar-refractivity contribution in [3.8, 4) is 0 Å². The largest absolute Gasteiger partial charge is 0.464 e. The van der Waals surface area contributed by atoms with E-state index < -0.39 is 51.1 Å². The van der Waals surface area contributed by atoms with Crippen molar-refractivity contribution in [3.63, 3.8) is 0 Å². The molecular formula is C24H23F4NO6S. The molecule has 2 aromatic carbocycles. The third-order valence-corrected chi connectivity index (χ3v) is 8.46. The Labute approximate surface area is 204 Å². The number of sulfonamides is 1. The number of rotatable bonds is 7. The lowest BCUT2D eigenvalue weighted by atomic mass is 9.88. The third-order valence-electron chi connectivity index (χ3n) is 6.58. The minimum Gasteiger partial charge on any atom is -0.464 e. The number of ether oxygens (including phenoxy) is 1. The first-order valence-electron chi connectivity index (χ1n) is 11.1. The second kappa shape index (κ2) is 9.15. The van der Waals surface area contributed by atoms with Crippen LogP contribution in [-0.4, -0.2) is 44.1 Å². The molecule has 2 aromatic rings. The van der Waals surface area contributed by atoms with Crippen LogP contribution in [0.2, 0.25) is 0 Å². The summed E-state index contributed by atoms with van der Waals surface area (Å²) in [5.41, 5.74) is -3.31. The molecule has 2 unspecified atom stereocenters. The van der Waals surface area contributed by atoms with Crippen molar-refractivity contribution in [1.82, 2.24) is 0 Å². The van der Waals surface area contributed by atoms with Crippen LogP contribution in [0.1, 0.15) is 37.3 Å². The number of hydrogen-bond donors (Lipinski definition) is 1. The summed E-state index contributed by atoms with van der Waals surface area (Å²) in [5, 5.41) is 10.1. The normalized spacial score (nSPS) is 21.7. The molecule has 194 valence electrons. The van der Waals surface area contributed by atoms with Gasteiger partial charge in [-0.25, -0.2) is 12.8 Å². The first kappa shape index (κ1) is 26.1. The van der Waals surface area contributed by atoms with Gasteiger partial charge in [0.1, 0.15) is 18.2 Å². The molecule has 1 fully saturated rings. The van der Waals surface area contributed by atoms with Gasteiger partial charge in [-0.1, -0.05) is 12.1 Å². The van der Waals surface area contributed by atoms with E-state index in [0.29, 0.717) is 6.92 Å². The van der Waals surface area contributed by atoms with Gasteiger partial charge in [0.15, 0.2) is 5.60 Å². The van der Waals surface area contributed by atoms with Gasteiger partial charge in [-0.15, -0.1) is 0 Å². The fraction of sp³-hybridized carbons (Fsp3) is 0.417. The van der Waals surface area contributed by atoms with Gasteiger partial charge in [0, 0.05) is 12.8 Å². The van der Waals surface area contributed by atoms with Crippen LogP contribution in [0.4, 0.5) is 23.2 Å². The number of Topliss-reactive ketones (excluding diaryl/α,β-unsaturated/α-hetero) is 1. The topological polar surface area (TPSA) is 101 Å². The number of alkyl halides is 3. The molecule has 0 aromatic heterocycles. The molecule has 12 heteroatoms. The van der Waals surface area contributed by atoms with Crippen molar-refractivity contribution in [2.75, 3.05) is 10.9 Å². The van der Waals surface area contributed by atoms with Crippen molar-refractivity contribution in [2.24, 2.45) is 5.92 Å². The quantitative estimate of drug-likeness (QED) is 0.434. The van der Waals surface area contributed by atoms with Crippen LogP contribution in [0.3, 0.4) is 0 Å². The Balaban J connectivity index is 1.73. The average molecular weight is 530 g/mol. The Morgan fingerprint density at radius 3 is 2.36 bits per heavy atom. The number of anilines is 1. The zero-order valence-electron chi connectivity index (χ0n) is 19.1. The molecule has 36 heavy (non-hydrogen) atoms. The maximum Gasteiger partial charge on any atom is 0.421 e. The number of carbonyl (C=O) groups is 2. The lowest BCUT2D eigenvalue weighted by Crippen LogP contribution is -2.46. The summed E-state index contributed by atoms with van der Waals surface area (Å²) in [4.78, 5) is 23.9. The fourth-order valence-electron chi connectivity index (χ4n) is 4.37. The molecule has 2 heterocycles. The van der Waals surface area contributed by atoms with Crippen LogP contribution in [0.15, 0.2) is 47.4 Å². The highest BCUT2D eigenvalue weighted by Gasteiger charge is 2.51. The van der Waals surface area contributed by atoms with Crippen LogP contribution >= 0.6 is 0 Å². The molecule has 0 radical (unpaired) electrons. The Hall–Kier alpha value is -2.99. The predicted octanol–water partition coefficient (Wildman–Crippen LogP) is 3.63. The molecular weight excluding hydrogens is 506 g/mol. The summed E-state index contributed by atoms with van der Waals surface area (Å²) in [6.45, 7) is 0.717. The van der Waals surface area contributed by atoms with E-state index >= 15 is 0 Å². The van der Waals surface area contributed by atoms with Crippen molar-refractivity contribution < 1.29 is 45.4 Å². The molecule has 0 spiro atoms. The Kier molecular flexibility index (Phi) is 6.63. The highest BCUT2D eigenvalue weighted by molar-refractivity contribution is 7.92. The summed E-state index contributed by atoms with van der Waals surface area (Å²) in [7, 11) is -4.36. The Bertz CT molecular complexity index is 1290. The van der Waals surface area contributed by atoms with E-state index in [1.807, 2.05) is 0 Å². The highest BCUT2D eigenvalue weighted by Crippen LogP contribution is 2.43. The molecule has 4 rings (SSSR count). The molecule has 1 N–H and O–H groups in total. The first-order chi connectivity index (χ1) is 16.7. The van der Waals surface area contributed by atoms with Crippen LogP contribution in [0.25, 0.3) is 0 Å². The molecule has 0 saturated carbocycles. The minimum absolute atomic E-state index is 0.0631. The zero-order valence-corrected chi connectivity index (χ0v) is 19.9. The fourth-order valence-corrected chi connectivity index (χ4v) is 6.08. The predicted molar refractivity (Wildman–Crippen MR) is 119 cm³/mol. The van der Waals surface area contributed by atoms with E-state index in [1.165, 1.54) is 6.07 Å². The number of aliphatic hydroxyl groups is 1. The third kappa shape index (κ3) is 4.71. The number of hydrogen-bond acceptors (Lipinski definition) is 6. The number of fused-ring (bicyclic) bond motifs is 1. The number of nitrogens with zero attached hydrogens (tertiary/aromatic N) is 1. The molecule has 3 atom stereocenters. The SMILES string of the molecule is CC(O)(c1ccc2c(c1)CC[C@@H](CC(=O)CC1COC1=O)N2S(=O)(=O)c1ccc(F)cc1)C(F)(F)F. The van der Waals surface area contributed by atoms with E-state index in [-0.39, 0.29) is 54.2 Å². The Morgan fingerprint density at radius 1 is 1.14 bits per heavy atom. The van der Waals surface area contributed by atoms with Crippen LogP contribution in [0, 0.1) is 11.7 Å². The number of benzene rings is 2. The van der Waals surface area contributed by atoms with Gasteiger partial charge < -0.3 is 9.84 Å². The van der Waals surface area contributed by atoms with E-state index in [0.717, 1.165) is 40.7 Å². The van der Waals surface area contributed by atoms with E-state index in [9.17, 15) is 40.7 Å². The molecule has 1 saturated heterocycles. The maximum absolute atomic E-state index is 13.6. The number of carbonyl (C=O) groups excluding carboxylic acids is 2. The molecule has 0 bridgehead atoms. The number of aryl methyl sites for hydroxylation is 1. The van der Waals surface area contributed by atoms with Crippen molar-refractivity contribution in [3.05, 3.63) is 59.4 Å². The van der Waals surface area contributed by atoms with Crippen LogP contribution < -0.4 is 4.31 Å². The summed E-state index contributed by atoms with van der Waals surface area (Å²) >= 11 is 0. The van der Waals surface area contributed by atoms with Crippen LogP contribution in [-0.2, 0) is 36.4 Å². The number of halogens is 4. The highest BCUT2D eigenvalue weighted by atomic mass is 32.2. The summed E-state index contributed by atoms with van der Waals surface area (Å²) in [6.07, 6.45) is -5.05. The smallest absolute Gasteiger partial charge is 0.421 e. The van der Waals surface area contributed by atoms with Gasteiger partial charge in [-0.3, -0.25) is 13.9 Å².